The number of nitrogen functional groups attached to an aromatic ring is 1. The molecule has 110 valence electrons. The third-order valence-electron chi connectivity index (χ3n) is 4.02. The zero-order valence-electron chi connectivity index (χ0n) is 11.7. The van der Waals surface area contributed by atoms with Crippen molar-refractivity contribution in [3.63, 3.8) is 0 Å². The van der Waals surface area contributed by atoms with Gasteiger partial charge in [-0.25, -0.2) is 8.42 Å². The van der Waals surface area contributed by atoms with Crippen LogP contribution in [0, 0.1) is 5.92 Å². The summed E-state index contributed by atoms with van der Waals surface area (Å²) in [6.45, 7) is 0. The number of rotatable bonds is 4. The Morgan fingerprint density at radius 1 is 1.35 bits per heavy atom. The molecular weight excluding hydrogens is 274 g/mol. The van der Waals surface area contributed by atoms with Crippen LogP contribution in [0.25, 0.3) is 0 Å². The van der Waals surface area contributed by atoms with Crippen LogP contribution in [-0.4, -0.2) is 25.7 Å². The van der Waals surface area contributed by atoms with Crippen molar-refractivity contribution in [2.75, 3.05) is 12.0 Å². The SMILES string of the molecule is CS(=O)(=O)C1CCCC(C(=O)Cc2cccc(N)c2)C1. The molecule has 0 heterocycles. The van der Waals surface area contributed by atoms with Crippen molar-refractivity contribution in [3.05, 3.63) is 29.8 Å². The molecule has 1 aliphatic carbocycles. The number of Topliss-reactive ketones (excluding diaryl/α,β-unsaturated/α-hetero) is 1. The van der Waals surface area contributed by atoms with E-state index in [1.165, 1.54) is 6.26 Å². The van der Waals surface area contributed by atoms with Crippen molar-refractivity contribution in [2.24, 2.45) is 5.92 Å². The van der Waals surface area contributed by atoms with Gasteiger partial charge in [-0.05, 0) is 37.0 Å². The molecule has 2 rings (SSSR count). The lowest BCUT2D eigenvalue weighted by Gasteiger charge is -2.27. The highest BCUT2D eigenvalue weighted by Crippen LogP contribution is 2.30. The fourth-order valence-corrected chi connectivity index (χ4v) is 4.05. The summed E-state index contributed by atoms with van der Waals surface area (Å²) < 4.78 is 23.3. The fourth-order valence-electron chi connectivity index (χ4n) is 2.87. The highest BCUT2D eigenvalue weighted by Gasteiger charge is 2.32. The average Bonchev–Trinajstić information content (AvgIpc) is 2.38. The minimum atomic E-state index is -3.04. The number of sulfone groups is 1. The van der Waals surface area contributed by atoms with Gasteiger partial charge in [-0.3, -0.25) is 4.79 Å². The first-order chi connectivity index (χ1) is 9.36. The highest BCUT2D eigenvalue weighted by molar-refractivity contribution is 7.91. The molecular formula is C15H21NO3S. The molecule has 1 saturated carbocycles. The number of benzene rings is 1. The van der Waals surface area contributed by atoms with Crippen molar-refractivity contribution in [1.82, 2.24) is 0 Å². The van der Waals surface area contributed by atoms with Crippen LogP contribution < -0.4 is 5.73 Å². The van der Waals surface area contributed by atoms with Crippen LogP contribution in [0.4, 0.5) is 5.69 Å². The number of anilines is 1. The van der Waals surface area contributed by atoms with Gasteiger partial charge >= 0.3 is 0 Å². The molecule has 0 aromatic heterocycles. The summed E-state index contributed by atoms with van der Waals surface area (Å²) in [5.74, 6) is -0.00569. The molecule has 5 heteroatoms. The van der Waals surface area contributed by atoms with Crippen molar-refractivity contribution < 1.29 is 13.2 Å². The number of nitrogens with two attached hydrogens (primary N) is 1. The largest absolute Gasteiger partial charge is 0.399 e. The third-order valence-corrected chi connectivity index (χ3v) is 5.66. The van der Waals surface area contributed by atoms with Crippen LogP contribution in [0.3, 0.4) is 0 Å². The van der Waals surface area contributed by atoms with E-state index in [0.29, 0.717) is 24.9 Å². The molecule has 0 bridgehead atoms. The summed E-state index contributed by atoms with van der Waals surface area (Å²) in [6, 6.07) is 7.30. The monoisotopic (exact) mass is 295 g/mol. The lowest BCUT2D eigenvalue weighted by Crippen LogP contribution is -2.31. The average molecular weight is 295 g/mol. The number of carbonyl (C=O) groups excluding carboxylic acids is 1. The Labute approximate surface area is 120 Å². The van der Waals surface area contributed by atoms with E-state index in [9.17, 15) is 13.2 Å². The maximum Gasteiger partial charge on any atom is 0.150 e. The van der Waals surface area contributed by atoms with Gasteiger partial charge in [0.25, 0.3) is 0 Å². The van der Waals surface area contributed by atoms with E-state index in [1.54, 1.807) is 12.1 Å². The van der Waals surface area contributed by atoms with Crippen LogP contribution in [0.1, 0.15) is 31.2 Å². The predicted octanol–water partition coefficient (Wildman–Crippen LogP) is 1.98. The van der Waals surface area contributed by atoms with Crippen molar-refractivity contribution in [1.29, 1.82) is 0 Å². The van der Waals surface area contributed by atoms with E-state index in [4.69, 9.17) is 5.73 Å². The smallest absolute Gasteiger partial charge is 0.150 e. The Hall–Kier alpha value is -1.36. The van der Waals surface area contributed by atoms with Gasteiger partial charge in [0.15, 0.2) is 0 Å². The van der Waals surface area contributed by atoms with Gasteiger partial charge in [-0.15, -0.1) is 0 Å². The van der Waals surface area contributed by atoms with Gasteiger partial charge in [-0.1, -0.05) is 18.6 Å². The van der Waals surface area contributed by atoms with Gasteiger partial charge in [0.05, 0.1) is 5.25 Å². The van der Waals surface area contributed by atoms with Crippen molar-refractivity contribution >= 4 is 21.3 Å². The summed E-state index contributed by atoms with van der Waals surface area (Å²) in [5.41, 5.74) is 7.25. The van der Waals surface area contributed by atoms with E-state index in [1.807, 2.05) is 12.1 Å². The predicted molar refractivity (Wildman–Crippen MR) is 80.2 cm³/mol. The molecule has 1 fully saturated rings. The molecule has 2 unspecified atom stereocenters. The summed E-state index contributed by atoms with van der Waals surface area (Å²) in [7, 11) is -3.04. The fraction of sp³-hybridized carbons (Fsp3) is 0.533. The summed E-state index contributed by atoms with van der Waals surface area (Å²) in [5, 5.41) is -0.356. The minimum absolute atomic E-state index is 0.129. The first kappa shape index (κ1) is 15.0. The molecule has 20 heavy (non-hydrogen) atoms. The van der Waals surface area contributed by atoms with E-state index in [-0.39, 0.29) is 17.0 Å². The molecule has 0 aliphatic heterocycles. The molecule has 1 aromatic rings. The van der Waals surface area contributed by atoms with Crippen LogP contribution in [0.2, 0.25) is 0 Å². The Morgan fingerprint density at radius 2 is 2.10 bits per heavy atom. The standard InChI is InChI=1S/C15H21NO3S/c1-20(18,19)14-7-3-5-12(10-14)15(17)9-11-4-2-6-13(16)8-11/h2,4,6,8,12,14H,3,5,7,9-10,16H2,1H3. The first-order valence-electron chi connectivity index (χ1n) is 6.92. The molecule has 0 spiro atoms. The van der Waals surface area contributed by atoms with Crippen molar-refractivity contribution in [2.45, 2.75) is 37.4 Å². The van der Waals surface area contributed by atoms with E-state index in [0.717, 1.165) is 18.4 Å². The van der Waals surface area contributed by atoms with E-state index >= 15 is 0 Å². The number of carbonyl (C=O) groups is 1. The van der Waals surface area contributed by atoms with Gasteiger partial charge in [-0.2, -0.15) is 0 Å². The maximum atomic E-state index is 12.3. The number of ketones is 1. The minimum Gasteiger partial charge on any atom is -0.399 e. The second kappa shape index (κ2) is 5.95. The summed E-state index contributed by atoms with van der Waals surface area (Å²) in [4.78, 5) is 12.3. The lowest BCUT2D eigenvalue weighted by molar-refractivity contribution is -0.123. The molecule has 2 N–H and O–H groups in total. The first-order valence-corrected chi connectivity index (χ1v) is 8.87. The zero-order valence-corrected chi connectivity index (χ0v) is 12.5. The number of hydrogen-bond acceptors (Lipinski definition) is 4. The third kappa shape index (κ3) is 3.82. The van der Waals surface area contributed by atoms with Gasteiger partial charge < -0.3 is 5.73 Å². The van der Waals surface area contributed by atoms with Crippen LogP contribution >= 0.6 is 0 Å². The summed E-state index contributed by atoms with van der Waals surface area (Å²) in [6.07, 6.45) is 4.37. The van der Waals surface area contributed by atoms with E-state index < -0.39 is 9.84 Å². The number of hydrogen-bond donors (Lipinski definition) is 1. The molecule has 4 nitrogen and oxygen atoms in total. The molecule has 0 amide bonds. The highest BCUT2D eigenvalue weighted by atomic mass is 32.2. The van der Waals surface area contributed by atoms with Crippen LogP contribution in [0.15, 0.2) is 24.3 Å². The normalized spacial score (nSPS) is 23.4. The van der Waals surface area contributed by atoms with Crippen LogP contribution in [0.5, 0.6) is 0 Å². The molecule has 2 atom stereocenters. The van der Waals surface area contributed by atoms with Crippen LogP contribution in [-0.2, 0) is 21.1 Å². The van der Waals surface area contributed by atoms with E-state index in [2.05, 4.69) is 0 Å². The topological polar surface area (TPSA) is 77.2 Å². The van der Waals surface area contributed by atoms with Crippen molar-refractivity contribution in [3.8, 4) is 0 Å². The van der Waals surface area contributed by atoms with Gasteiger partial charge in [0, 0.05) is 24.3 Å². The second-order valence-electron chi connectivity index (χ2n) is 5.70. The zero-order chi connectivity index (χ0) is 14.8. The Kier molecular flexibility index (Phi) is 4.48. The summed E-state index contributed by atoms with van der Waals surface area (Å²) >= 11 is 0. The maximum absolute atomic E-state index is 12.3. The quantitative estimate of drug-likeness (QED) is 0.862. The second-order valence-corrected chi connectivity index (χ2v) is 8.03. The molecule has 1 aromatic carbocycles. The molecule has 1 aliphatic rings. The lowest BCUT2D eigenvalue weighted by atomic mass is 9.84. The Bertz CT molecular complexity index is 595. The molecule has 0 saturated heterocycles. The molecule has 0 radical (unpaired) electrons. The van der Waals surface area contributed by atoms with Gasteiger partial charge in [0.2, 0.25) is 0 Å². The Morgan fingerprint density at radius 3 is 2.75 bits per heavy atom. The Balaban J connectivity index is 2.02. The van der Waals surface area contributed by atoms with Gasteiger partial charge in [0.1, 0.15) is 15.6 Å².